The van der Waals surface area contributed by atoms with Crippen LogP contribution in [-0.2, 0) is 16.0 Å². The minimum absolute atomic E-state index is 0.0421. The molecule has 1 N–H and O–H groups in total. The summed E-state index contributed by atoms with van der Waals surface area (Å²) in [5.41, 5.74) is 1.17. The Morgan fingerprint density at radius 2 is 1.80 bits per heavy atom. The predicted octanol–water partition coefficient (Wildman–Crippen LogP) is 2.78. The summed E-state index contributed by atoms with van der Waals surface area (Å²) in [6.07, 6.45) is 6.34. The molecular weight excluding hydrogens is 316 g/mol. The number of hydrogen-bond donors (Lipinski definition) is 1. The lowest BCUT2D eigenvalue weighted by Gasteiger charge is -2.24. The lowest BCUT2D eigenvalue weighted by molar-refractivity contribution is -0.130. The van der Waals surface area contributed by atoms with E-state index in [0.29, 0.717) is 19.6 Å². The molecule has 25 heavy (non-hydrogen) atoms. The van der Waals surface area contributed by atoms with Gasteiger partial charge >= 0.3 is 0 Å². The van der Waals surface area contributed by atoms with Crippen LogP contribution in [0.4, 0.5) is 0 Å². The number of methoxy groups -OCH3 is 1. The van der Waals surface area contributed by atoms with Crippen LogP contribution in [0.15, 0.2) is 24.3 Å². The van der Waals surface area contributed by atoms with Gasteiger partial charge in [-0.2, -0.15) is 0 Å². The number of carbonyl (C=O) groups is 2. The van der Waals surface area contributed by atoms with Crippen LogP contribution >= 0.6 is 0 Å². The molecule has 5 heteroatoms. The number of carbonyl (C=O) groups excluding carboxylic acids is 2. The standard InChI is InChI=1S/C20H30N2O3/c1-16(23)22(14-12-17-8-10-19(25-2)11-9-17)15-13-21-20(24)18-6-4-3-5-7-18/h8-11,18H,3-7,12-15H2,1-2H3,(H,21,24). The van der Waals surface area contributed by atoms with Crippen molar-refractivity contribution in [1.29, 1.82) is 0 Å². The van der Waals surface area contributed by atoms with Gasteiger partial charge in [0.15, 0.2) is 0 Å². The summed E-state index contributed by atoms with van der Waals surface area (Å²) in [7, 11) is 1.65. The Labute approximate surface area is 150 Å². The molecule has 2 amide bonds. The monoisotopic (exact) mass is 346 g/mol. The minimum atomic E-state index is 0.0421. The Bertz CT molecular complexity index is 551. The lowest BCUT2D eigenvalue weighted by atomic mass is 9.89. The summed E-state index contributed by atoms with van der Waals surface area (Å²) >= 11 is 0. The average Bonchev–Trinajstić information content (AvgIpc) is 2.65. The Morgan fingerprint density at radius 1 is 1.12 bits per heavy atom. The van der Waals surface area contributed by atoms with Crippen LogP contribution in [0.1, 0.15) is 44.6 Å². The first kappa shape index (κ1) is 19.3. The van der Waals surface area contributed by atoms with Gasteiger partial charge in [-0.3, -0.25) is 9.59 Å². The van der Waals surface area contributed by atoms with E-state index in [0.717, 1.165) is 37.9 Å². The molecule has 1 aromatic carbocycles. The normalized spacial score (nSPS) is 14.8. The molecule has 0 radical (unpaired) electrons. The zero-order chi connectivity index (χ0) is 18.1. The van der Waals surface area contributed by atoms with Crippen LogP contribution in [0.25, 0.3) is 0 Å². The maximum atomic E-state index is 12.2. The molecule has 1 aliphatic carbocycles. The molecule has 0 unspecified atom stereocenters. The van der Waals surface area contributed by atoms with E-state index in [1.165, 1.54) is 12.0 Å². The molecule has 2 rings (SSSR count). The maximum absolute atomic E-state index is 12.2. The van der Waals surface area contributed by atoms with Crippen LogP contribution in [-0.4, -0.2) is 43.5 Å². The third kappa shape index (κ3) is 6.40. The molecule has 0 saturated heterocycles. The smallest absolute Gasteiger partial charge is 0.223 e. The first-order valence-electron chi connectivity index (χ1n) is 9.26. The second kappa shape index (κ2) is 10.1. The molecule has 1 saturated carbocycles. The lowest BCUT2D eigenvalue weighted by Crippen LogP contribution is -2.40. The van der Waals surface area contributed by atoms with Crippen molar-refractivity contribution in [2.45, 2.75) is 45.4 Å². The van der Waals surface area contributed by atoms with Gasteiger partial charge in [0.25, 0.3) is 0 Å². The van der Waals surface area contributed by atoms with Crippen molar-refractivity contribution in [1.82, 2.24) is 10.2 Å². The third-order valence-corrected chi connectivity index (χ3v) is 4.93. The number of rotatable bonds is 8. The molecule has 0 aliphatic heterocycles. The van der Waals surface area contributed by atoms with Crippen molar-refractivity contribution < 1.29 is 14.3 Å². The molecule has 5 nitrogen and oxygen atoms in total. The fourth-order valence-corrected chi connectivity index (χ4v) is 3.31. The number of amides is 2. The Kier molecular flexibility index (Phi) is 7.76. The maximum Gasteiger partial charge on any atom is 0.223 e. The van der Waals surface area contributed by atoms with Gasteiger partial charge in [-0.05, 0) is 37.0 Å². The van der Waals surface area contributed by atoms with Crippen molar-refractivity contribution in [3.8, 4) is 5.75 Å². The van der Waals surface area contributed by atoms with Crippen LogP contribution in [0, 0.1) is 5.92 Å². The second-order valence-corrected chi connectivity index (χ2v) is 6.73. The van der Waals surface area contributed by atoms with Gasteiger partial charge in [-0.25, -0.2) is 0 Å². The highest BCUT2D eigenvalue weighted by Crippen LogP contribution is 2.23. The van der Waals surface area contributed by atoms with E-state index in [2.05, 4.69) is 5.32 Å². The van der Waals surface area contributed by atoms with Crippen molar-refractivity contribution in [3.63, 3.8) is 0 Å². The predicted molar refractivity (Wildman–Crippen MR) is 98.5 cm³/mol. The summed E-state index contributed by atoms with van der Waals surface area (Å²) in [5, 5.41) is 3.00. The first-order chi connectivity index (χ1) is 12.1. The molecule has 0 spiro atoms. The van der Waals surface area contributed by atoms with Gasteiger partial charge < -0.3 is 15.0 Å². The highest BCUT2D eigenvalue weighted by atomic mass is 16.5. The average molecular weight is 346 g/mol. The van der Waals surface area contributed by atoms with Gasteiger partial charge in [0.05, 0.1) is 7.11 Å². The molecule has 0 atom stereocenters. The molecule has 0 heterocycles. The van der Waals surface area contributed by atoms with Crippen LogP contribution in [0.3, 0.4) is 0 Å². The van der Waals surface area contributed by atoms with Gasteiger partial charge in [0.2, 0.25) is 11.8 Å². The van der Waals surface area contributed by atoms with Crippen molar-refractivity contribution in [2.75, 3.05) is 26.7 Å². The molecule has 0 bridgehead atoms. The van der Waals surface area contributed by atoms with E-state index in [4.69, 9.17) is 4.74 Å². The van der Waals surface area contributed by atoms with Gasteiger partial charge in [0.1, 0.15) is 5.75 Å². The van der Waals surface area contributed by atoms with Gasteiger partial charge in [-0.1, -0.05) is 31.4 Å². The summed E-state index contributed by atoms with van der Waals surface area (Å²) in [5.74, 6) is 1.19. The number of ether oxygens (including phenoxy) is 1. The Balaban J connectivity index is 1.74. The largest absolute Gasteiger partial charge is 0.497 e. The molecule has 0 aromatic heterocycles. The summed E-state index contributed by atoms with van der Waals surface area (Å²) < 4.78 is 5.15. The number of benzene rings is 1. The molecule has 1 aliphatic rings. The van der Waals surface area contributed by atoms with Gasteiger partial charge in [-0.15, -0.1) is 0 Å². The second-order valence-electron chi connectivity index (χ2n) is 6.73. The topological polar surface area (TPSA) is 58.6 Å². The summed E-state index contributed by atoms with van der Waals surface area (Å²) in [4.78, 5) is 25.8. The van der Waals surface area contributed by atoms with E-state index in [-0.39, 0.29) is 17.7 Å². The Morgan fingerprint density at radius 3 is 2.40 bits per heavy atom. The zero-order valence-corrected chi connectivity index (χ0v) is 15.4. The number of hydrogen-bond acceptors (Lipinski definition) is 3. The van der Waals surface area contributed by atoms with E-state index >= 15 is 0 Å². The highest BCUT2D eigenvalue weighted by molar-refractivity contribution is 5.78. The highest BCUT2D eigenvalue weighted by Gasteiger charge is 2.20. The Hall–Kier alpha value is -2.04. The van der Waals surface area contributed by atoms with E-state index in [1.54, 1.807) is 18.9 Å². The first-order valence-corrected chi connectivity index (χ1v) is 9.26. The summed E-state index contributed by atoms with van der Waals surface area (Å²) in [6.45, 7) is 3.32. The fourth-order valence-electron chi connectivity index (χ4n) is 3.31. The minimum Gasteiger partial charge on any atom is -0.497 e. The van der Waals surface area contributed by atoms with E-state index < -0.39 is 0 Å². The van der Waals surface area contributed by atoms with Gasteiger partial charge in [0, 0.05) is 32.5 Å². The fraction of sp³-hybridized carbons (Fsp3) is 0.600. The molecule has 1 fully saturated rings. The SMILES string of the molecule is COc1ccc(CCN(CCNC(=O)C2CCCCC2)C(C)=O)cc1. The molecule has 138 valence electrons. The zero-order valence-electron chi connectivity index (χ0n) is 15.4. The number of nitrogens with one attached hydrogen (secondary N) is 1. The van der Waals surface area contributed by atoms with Crippen molar-refractivity contribution >= 4 is 11.8 Å². The molecular formula is C20H30N2O3. The van der Waals surface area contributed by atoms with E-state index in [1.807, 2.05) is 24.3 Å². The summed E-state index contributed by atoms with van der Waals surface area (Å²) in [6, 6.07) is 7.89. The van der Waals surface area contributed by atoms with Crippen molar-refractivity contribution in [2.24, 2.45) is 5.92 Å². The van der Waals surface area contributed by atoms with E-state index in [9.17, 15) is 9.59 Å². The third-order valence-electron chi connectivity index (χ3n) is 4.93. The number of nitrogens with zero attached hydrogens (tertiary/aromatic N) is 1. The quantitative estimate of drug-likeness (QED) is 0.787. The van der Waals surface area contributed by atoms with Crippen LogP contribution in [0.2, 0.25) is 0 Å². The van der Waals surface area contributed by atoms with Crippen LogP contribution < -0.4 is 10.1 Å². The van der Waals surface area contributed by atoms with Crippen molar-refractivity contribution in [3.05, 3.63) is 29.8 Å². The molecule has 1 aromatic rings. The van der Waals surface area contributed by atoms with Crippen LogP contribution in [0.5, 0.6) is 5.75 Å².